The van der Waals surface area contributed by atoms with Gasteiger partial charge in [0.05, 0.1) is 17.0 Å². The van der Waals surface area contributed by atoms with Crippen molar-refractivity contribution in [1.82, 2.24) is 0 Å². The predicted molar refractivity (Wildman–Crippen MR) is 77.6 cm³/mol. The van der Waals surface area contributed by atoms with E-state index in [1.54, 1.807) is 0 Å². The van der Waals surface area contributed by atoms with Crippen molar-refractivity contribution in [3.8, 4) is 0 Å². The van der Waals surface area contributed by atoms with E-state index in [2.05, 4.69) is 15.9 Å². The Morgan fingerprint density at radius 2 is 2.00 bits per heavy atom. The molecule has 122 valence electrons. The summed E-state index contributed by atoms with van der Waals surface area (Å²) in [6, 6.07) is 2.94. The summed E-state index contributed by atoms with van der Waals surface area (Å²) in [6.45, 7) is 0.0965. The lowest BCUT2D eigenvalue weighted by atomic mass is 10.1. The van der Waals surface area contributed by atoms with Gasteiger partial charge in [-0.3, -0.25) is 4.79 Å². The third-order valence-corrected chi connectivity index (χ3v) is 4.81. The van der Waals surface area contributed by atoms with Gasteiger partial charge in [-0.2, -0.15) is 13.2 Å². The first-order chi connectivity index (χ1) is 9.97. The molecule has 1 amide bonds. The minimum Gasteiger partial charge on any atom is -0.311 e. The zero-order chi connectivity index (χ0) is 16.7. The fraction of sp³-hybridized carbons (Fsp3) is 0.417. The summed E-state index contributed by atoms with van der Waals surface area (Å²) in [4.78, 5) is 13.2. The molecule has 2 rings (SSSR count). The highest BCUT2D eigenvalue weighted by Gasteiger charge is 2.35. The molecular weight excluding hydrogens is 389 g/mol. The Kier molecular flexibility index (Phi) is 4.56. The van der Waals surface area contributed by atoms with Gasteiger partial charge in [-0.25, -0.2) is 13.6 Å². The lowest BCUT2D eigenvalue weighted by Crippen LogP contribution is -2.27. The number of benzene rings is 1. The summed E-state index contributed by atoms with van der Waals surface area (Å²) >= 11 is 3.02. The Morgan fingerprint density at radius 3 is 2.50 bits per heavy atom. The maximum absolute atomic E-state index is 12.6. The van der Waals surface area contributed by atoms with Gasteiger partial charge in [-0.15, -0.1) is 0 Å². The molecule has 1 aliphatic heterocycles. The van der Waals surface area contributed by atoms with E-state index in [0.29, 0.717) is 0 Å². The number of carbonyl (C=O) groups is 1. The van der Waals surface area contributed by atoms with Crippen LogP contribution in [0.2, 0.25) is 0 Å². The number of carbonyl (C=O) groups excluding carboxylic acids is 1. The van der Waals surface area contributed by atoms with Crippen molar-refractivity contribution >= 4 is 37.5 Å². The summed E-state index contributed by atoms with van der Waals surface area (Å²) in [7, 11) is -3.71. The van der Waals surface area contributed by atoms with Crippen molar-refractivity contribution in [3.05, 3.63) is 28.2 Å². The molecule has 1 aromatic rings. The molecule has 1 heterocycles. The van der Waals surface area contributed by atoms with Crippen LogP contribution in [0, 0.1) is 5.92 Å². The Balaban J connectivity index is 2.24. The number of alkyl halides is 3. The van der Waals surface area contributed by atoms with Gasteiger partial charge in [-0.1, -0.05) is 0 Å². The summed E-state index contributed by atoms with van der Waals surface area (Å²) in [6.07, 6.45) is -4.49. The average Bonchev–Trinajstić information content (AvgIpc) is 2.66. The minimum atomic E-state index is -4.48. The summed E-state index contributed by atoms with van der Waals surface area (Å²) in [5.74, 6) is -1.17. The van der Waals surface area contributed by atoms with Crippen LogP contribution in [0.15, 0.2) is 22.7 Å². The van der Waals surface area contributed by atoms with E-state index in [-0.39, 0.29) is 34.8 Å². The van der Waals surface area contributed by atoms with Crippen LogP contribution < -0.4 is 10.0 Å². The molecule has 1 atom stereocenters. The van der Waals surface area contributed by atoms with Gasteiger partial charge in [0.1, 0.15) is 0 Å². The van der Waals surface area contributed by atoms with Gasteiger partial charge < -0.3 is 4.90 Å². The molecule has 0 aromatic heterocycles. The molecule has 1 aliphatic rings. The second-order valence-electron chi connectivity index (χ2n) is 5.07. The number of nitrogens with zero attached hydrogens (tertiary/aromatic N) is 1. The van der Waals surface area contributed by atoms with Crippen molar-refractivity contribution in [2.75, 3.05) is 17.2 Å². The summed E-state index contributed by atoms with van der Waals surface area (Å²) < 4.78 is 60.1. The van der Waals surface area contributed by atoms with Crippen LogP contribution in [0.5, 0.6) is 0 Å². The number of primary sulfonamides is 1. The molecule has 2 N–H and O–H groups in total. The quantitative estimate of drug-likeness (QED) is 0.843. The standard InChI is InChI=1S/C12H12BrF3N2O3S/c13-9-4-8(12(14,15)16)1-2-10(9)18-5-7(3-11(18)19)6-22(17,20)21/h1-2,4,7H,3,5-6H2,(H2,17,20,21). The molecule has 0 aliphatic carbocycles. The lowest BCUT2D eigenvalue weighted by Gasteiger charge is -2.19. The number of hydrogen-bond acceptors (Lipinski definition) is 3. The fourth-order valence-electron chi connectivity index (χ4n) is 2.36. The highest BCUT2D eigenvalue weighted by Crippen LogP contribution is 2.37. The van der Waals surface area contributed by atoms with E-state index in [9.17, 15) is 26.4 Å². The highest BCUT2D eigenvalue weighted by atomic mass is 79.9. The number of sulfonamides is 1. The Labute approximate surface area is 133 Å². The molecule has 1 unspecified atom stereocenters. The normalized spacial score (nSPS) is 19.8. The second-order valence-corrected chi connectivity index (χ2v) is 7.58. The number of rotatable bonds is 3. The van der Waals surface area contributed by atoms with Crippen molar-refractivity contribution < 1.29 is 26.4 Å². The maximum atomic E-state index is 12.6. The van der Waals surface area contributed by atoms with Crippen LogP contribution >= 0.6 is 15.9 Å². The van der Waals surface area contributed by atoms with Crippen LogP contribution in [0.3, 0.4) is 0 Å². The number of hydrogen-bond donors (Lipinski definition) is 1. The fourth-order valence-corrected chi connectivity index (χ4v) is 3.83. The third-order valence-electron chi connectivity index (χ3n) is 3.24. The van der Waals surface area contributed by atoms with Crippen LogP contribution in [0.4, 0.5) is 18.9 Å². The van der Waals surface area contributed by atoms with Crippen molar-refractivity contribution in [1.29, 1.82) is 0 Å². The second kappa shape index (κ2) is 5.82. The zero-order valence-electron chi connectivity index (χ0n) is 11.1. The van der Waals surface area contributed by atoms with Crippen LogP contribution in [0.25, 0.3) is 0 Å². The molecule has 0 spiro atoms. The van der Waals surface area contributed by atoms with Crippen LogP contribution in [0.1, 0.15) is 12.0 Å². The van der Waals surface area contributed by atoms with Crippen molar-refractivity contribution in [3.63, 3.8) is 0 Å². The average molecular weight is 401 g/mol. The van der Waals surface area contributed by atoms with Gasteiger partial charge in [0.25, 0.3) is 0 Å². The monoisotopic (exact) mass is 400 g/mol. The Hall–Kier alpha value is -1.13. The Morgan fingerprint density at radius 1 is 1.36 bits per heavy atom. The van der Waals surface area contributed by atoms with Gasteiger partial charge in [0.15, 0.2) is 0 Å². The van der Waals surface area contributed by atoms with Gasteiger partial charge >= 0.3 is 6.18 Å². The molecule has 5 nitrogen and oxygen atoms in total. The lowest BCUT2D eigenvalue weighted by molar-refractivity contribution is -0.137. The van der Waals surface area contributed by atoms with E-state index in [4.69, 9.17) is 5.14 Å². The van der Waals surface area contributed by atoms with Gasteiger partial charge in [-0.05, 0) is 34.1 Å². The van der Waals surface area contributed by atoms with E-state index in [1.165, 1.54) is 11.0 Å². The first kappa shape index (κ1) is 17.2. The SMILES string of the molecule is NS(=O)(=O)CC1CC(=O)N(c2ccc(C(F)(F)F)cc2Br)C1. The van der Waals surface area contributed by atoms with Gasteiger partial charge in [0, 0.05) is 23.4 Å². The zero-order valence-corrected chi connectivity index (χ0v) is 13.5. The smallest absolute Gasteiger partial charge is 0.311 e. The number of nitrogens with two attached hydrogens (primary N) is 1. The third kappa shape index (κ3) is 3.99. The maximum Gasteiger partial charge on any atom is 0.416 e. The highest BCUT2D eigenvalue weighted by molar-refractivity contribution is 9.10. The topological polar surface area (TPSA) is 80.5 Å². The first-order valence-corrected chi connectivity index (χ1v) is 8.66. The van der Waals surface area contributed by atoms with E-state index in [0.717, 1.165) is 12.1 Å². The summed E-state index contributed by atoms with van der Waals surface area (Å²) in [5.41, 5.74) is -0.564. The predicted octanol–water partition coefficient (Wildman–Crippen LogP) is 2.11. The molecule has 0 saturated carbocycles. The Bertz CT molecular complexity index is 706. The van der Waals surface area contributed by atoms with Gasteiger partial charge in [0.2, 0.25) is 15.9 Å². The molecule has 1 fully saturated rings. The molecule has 10 heteroatoms. The van der Waals surface area contributed by atoms with E-state index in [1.807, 2.05) is 0 Å². The number of anilines is 1. The van der Waals surface area contributed by atoms with E-state index >= 15 is 0 Å². The van der Waals surface area contributed by atoms with Crippen LogP contribution in [-0.2, 0) is 21.0 Å². The van der Waals surface area contributed by atoms with Crippen molar-refractivity contribution in [2.45, 2.75) is 12.6 Å². The van der Waals surface area contributed by atoms with Crippen molar-refractivity contribution in [2.24, 2.45) is 11.1 Å². The number of amides is 1. The molecular formula is C12H12BrF3N2O3S. The molecule has 0 bridgehead atoms. The largest absolute Gasteiger partial charge is 0.416 e. The first-order valence-electron chi connectivity index (χ1n) is 6.15. The number of halogens is 4. The molecule has 1 saturated heterocycles. The van der Waals surface area contributed by atoms with Crippen LogP contribution in [-0.4, -0.2) is 26.6 Å². The molecule has 1 aromatic carbocycles. The molecule has 22 heavy (non-hydrogen) atoms. The summed E-state index contributed by atoms with van der Waals surface area (Å²) in [5, 5.41) is 4.95. The molecule has 0 radical (unpaired) electrons. The van der Waals surface area contributed by atoms with E-state index < -0.39 is 27.7 Å². The minimum absolute atomic E-state index is 0.0100.